The van der Waals surface area contributed by atoms with E-state index in [1.54, 1.807) is 18.3 Å². The van der Waals surface area contributed by atoms with Crippen LogP contribution in [0, 0.1) is 12.7 Å². The zero-order valence-electron chi connectivity index (χ0n) is 17.9. The van der Waals surface area contributed by atoms with Crippen LogP contribution in [0.3, 0.4) is 0 Å². The van der Waals surface area contributed by atoms with Crippen molar-refractivity contribution in [1.82, 2.24) is 14.6 Å². The van der Waals surface area contributed by atoms with Crippen LogP contribution in [-0.2, 0) is 6.42 Å². The topological polar surface area (TPSA) is 47.3 Å². The van der Waals surface area contributed by atoms with E-state index in [9.17, 15) is 9.18 Å². The van der Waals surface area contributed by atoms with E-state index in [-0.39, 0.29) is 17.5 Å². The Hall–Kier alpha value is -3.34. The van der Waals surface area contributed by atoms with Crippen LogP contribution >= 0.6 is 0 Å². The maximum Gasteiger partial charge on any atom is 0.166 e. The Bertz CT molecular complexity index is 1290. The lowest BCUT2D eigenvalue weighted by Crippen LogP contribution is -2.22. The van der Waals surface area contributed by atoms with Crippen molar-refractivity contribution in [1.29, 1.82) is 0 Å². The SMILES string of the molecule is Cc1nn2c3c(cnc2c1-c1ccc(F)cc1)C(=O)C[C@H](c1ccc(C(C)C)cc1)C3. The second kappa shape index (κ2) is 7.41. The monoisotopic (exact) mass is 413 g/mol. The zero-order chi connectivity index (χ0) is 21.7. The van der Waals surface area contributed by atoms with Crippen LogP contribution in [0.5, 0.6) is 0 Å². The fourth-order valence-corrected chi connectivity index (χ4v) is 4.55. The van der Waals surface area contributed by atoms with Crippen molar-refractivity contribution >= 4 is 11.4 Å². The van der Waals surface area contributed by atoms with Gasteiger partial charge < -0.3 is 0 Å². The molecular formula is C26H24FN3O. The predicted octanol–water partition coefficient (Wildman–Crippen LogP) is 5.88. The molecule has 0 saturated heterocycles. The van der Waals surface area contributed by atoms with E-state index in [4.69, 9.17) is 5.10 Å². The van der Waals surface area contributed by atoms with Crippen LogP contribution in [0.25, 0.3) is 16.8 Å². The van der Waals surface area contributed by atoms with Crippen LogP contribution in [-0.4, -0.2) is 20.4 Å². The highest BCUT2D eigenvalue weighted by Crippen LogP contribution is 2.35. The molecule has 0 amide bonds. The summed E-state index contributed by atoms with van der Waals surface area (Å²) in [7, 11) is 0. The van der Waals surface area contributed by atoms with Crippen molar-refractivity contribution in [3.63, 3.8) is 0 Å². The van der Waals surface area contributed by atoms with E-state index in [1.165, 1.54) is 23.3 Å². The summed E-state index contributed by atoms with van der Waals surface area (Å²) in [6.45, 7) is 6.28. The second-order valence-electron chi connectivity index (χ2n) is 8.67. The van der Waals surface area contributed by atoms with E-state index in [0.717, 1.165) is 28.9 Å². The summed E-state index contributed by atoms with van der Waals surface area (Å²) < 4.78 is 15.2. The van der Waals surface area contributed by atoms with Gasteiger partial charge in [0.05, 0.1) is 17.0 Å². The molecule has 0 fully saturated rings. The molecule has 0 unspecified atom stereocenters. The molecule has 0 saturated carbocycles. The summed E-state index contributed by atoms with van der Waals surface area (Å²) >= 11 is 0. The number of carbonyl (C=O) groups excluding carboxylic acids is 1. The zero-order valence-corrected chi connectivity index (χ0v) is 17.9. The summed E-state index contributed by atoms with van der Waals surface area (Å²) in [5, 5.41) is 4.73. The molecule has 4 nitrogen and oxygen atoms in total. The maximum absolute atomic E-state index is 13.4. The third kappa shape index (κ3) is 3.34. The molecular weight excluding hydrogens is 389 g/mol. The van der Waals surface area contributed by atoms with Gasteiger partial charge in [0.25, 0.3) is 0 Å². The number of Topliss-reactive ketones (excluding diaryl/α,β-unsaturated/α-hetero) is 1. The first kappa shape index (κ1) is 19.6. The molecule has 2 heterocycles. The molecule has 0 aliphatic heterocycles. The third-order valence-electron chi connectivity index (χ3n) is 6.30. The Morgan fingerprint density at radius 2 is 1.74 bits per heavy atom. The summed E-state index contributed by atoms with van der Waals surface area (Å²) in [5.74, 6) is 0.418. The molecule has 31 heavy (non-hydrogen) atoms. The number of halogens is 1. The fraction of sp³-hybridized carbons (Fsp3) is 0.269. The number of benzene rings is 2. The largest absolute Gasteiger partial charge is 0.294 e. The van der Waals surface area contributed by atoms with Gasteiger partial charge >= 0.3 is 0 Å². The normalized spacial score (nSPS) is 16.2. The van der Waals surface area contributed by atoms with Gasteiger partial charge in [-0.15, -0.1) is 0 Å². The van der Waals surface area contributed by atoms with Gasteiger partial charge in [-0.2, -0.15) is 5.10 Å². The number of carbonyl (C=O) groups is 1. The summed E-state index contributed by atoms with van der Waals surface area (Å²) in [6.07, 6.45) is 2.89. The minimum absolute atomic E-state index is 0.102. The van der Waals surface area contributed by atoms with Crippen molar-refractivity contribution in [3.05, 3.63) is 88.6 Å². The minimum atomic E-state index is -0.278. The Kier molecular flexibility index (Phi) is 4.69. The van der Waals surface area contributed by atoms with E-state index >= 15 is 0 Å². The number of hydrogen-bond acceptors (Lipinski definition) is 3. The highest BCUT2D eigenvalue weighted by Gasteiger charge is 2.30. The molecule has 0 spiro atoms. The lowest BCUT2D eigenvalue weighted by molar-refractivity contribution is 0.0962. The van der Waals surface area contributed by atoms with Crippen molar-refractivity contribution in [2.45, 2.75) is 45.4 Å². The van der Waals surface area contributed by atoms with Crippen molar-refractivity contribution in [2.24, 2.45) is 0 Å². The van der Waals surface area contributed by atoms with E-state index < -0.39 is 0 Å². The summed E-state index contributed by atoms with van der Waals surface area (Å²) in [6, 6.07) is 15.0. The Labute approximate surface area is 180 Å². The molecule has 4 aromatic rings. The smallest absolute Gasteiger partial charge is 0.166 e. The summed E-state index contributed by atoms with van der Waals surface area (Å²) in [5.41, 5.74) is 7.27. The van der Waals surface area contributed by atoms with Gasteiger partial charge in [-0.1, -0.05) is 50.2 Å². The van der Waals surface area contributed by atoms with E-state index in [1.807, 2.05) is 11.4 Å². The predicted molar refractivity (Wildman–Crippen MR) is 119 cm³/mol. The van der Waals surface area contributed by atoms with Crippen molar-refractivity contribution < 1.29 is 9.18 Å². The first-order valence-corrected chi connectivity index (χ1v) is 10.7. The Morgan fingerprint density at radius 3 is 2.42 bits per heavy atom. The van der Waals surface area contributed by atoms with Gasteiger partial charge in [0.2, 0.25) is 0 Å². The quantitative estimate of drug-likeness (QED) is 0.421. The van der Waals surface area contributed by atoms with E-state index in [2.05, 4.69) is 43.1 Å². The van der Waals surface area contributed by atoms with Crippen molar-refractivity contribution in [3.8, 4) is 11.1 Å². The van der Waals surface area contributed by atoms with Crippen LogP contribution in [0.1, 0.15) is 65.0 Å². The van der Waals surface area contributed by atoms with Crippen LogP contribution in [0.15, 0.2) is 54.7 Å². The number of ketones is 1. The maximum atomic E-state index is 13.4. The van der Waals surface area contributed by atoms with Gasteiger partial charge in [0.15, 0.2) is 11.4 Å². The standard InChI is InChI=1S/C26H24FN3O/c1-15(2)17-4-6-18(7-5-17)20-12-23-22(24(31)13-20)14-28-26-25(16(3)29-30(23)26)19-8-10-21(27)11-9-19/h4-11,14-15,20H,12-13H2,1-3H3/t20-/m1/s1. The highest BCUT2D eigenvalue weighted by molar-refractivity contribution is 5.99. The van der Waals surface area contributed by atoms with Gasteiger partial charge in [0.1, 0.15) is 5.82 Å². The van der Waals surface area contributed by atoms with Crippen LogP contribution in [0.4, 0.5) is 4.39 Å². The Morgan fingerprint density at radius 1 is 1.03 bits per heavy atom. The number of aryl methyl sites for hydroxylation is 1. The molecule has 5 heteroatoms. The van der Waals surface area contributed by atoms with Crippen molar-refractivity contribution in [2.75, 3.05) is 0 Å². The molecule has 5 rings (SSSR count). The number of fused-ring (bicyclic) bond motifs is 3. The summed E-state index contributed by atoms with van der Waals surface area (Å²) in [4.78, 5) is 17.5. The molecule has 1 aliphatic rings. The van der Waals surface area contributed by atoms with Gasteiger partial charge in [-0.05, 0) is 54.0 Å². The number of rotatable bonds is 3. The molecule has 0 bridgehead atoms. The lowest BCUT2D eigenvalue weighted by atomic mass is 9.81. The molecule has 2 aromatic carbocycles. The lowest BCUT2D eigenvalue weighted by Gasteiger charge is -2.24. The molecule has 0 radical (unpaired) electrons. The van der Waals surface area contributed by atoms with Crippen LogP contribution in [0.2, 0.25) is 0 Å². The second-order valence-corrected chi connectivity index (χ2v) is 8.67. The first-order chi connectivity index (χ1) is 14.9. The average Bonchev–Trinajstić information content (AvgIpc) is 3.10. The molecule has 156 valence electrons. The average molecular weight is 413 g/mol. The van der Waals surface area contributed by atoms with Gasteiger partial charge in [0, 0.05) is 18.2 Å². The molecule has 1 atom stereocenters. The minimum Gasteiger partial charge on any atom is -0.294 e. The number of hydrogen-bond donors (Lipinski definition) is 0. The molecule has 2 aromatic heterocycles. The number of nitrogens with zero attached hydrogens (tertiary/aromatic N) is 3. The number of aromatic nitrogens is 3. The molecule has 0 N–H and O–H groups in total. The Balaban J connectivity index is 1.59. The van der Waals surface area contributed by atoms with E-state index in [0.29, 0.717) is 23.5 Å². The van der Waals surface area contributed by atoms with Gasteiger partial charge in [-0.3, -0.25) is 4.79 Å². The van der Waals surface area contributed by atoms with Crippen LogP contribution < -0.4 is 0 Å². The third-order valence-corrected chi connectivity index (χ3v) is 6.30. The first-order valence-electron chi connectivity index (χ1n) is 10.7. The fourth-order valence-electron chi connectivity index (χ4n) is 4.55. The highest BCUT2D eigenvalue weighted by atomic mass is 19.1. The van der Waals surface area contributed by atoms with Gasteiger partial charge in [-0.25, -0.2) is 13.9 Å². The molecule has 1 aliphatic carbocycles.